The Morgan fingerprint density at radius 1 is 1.23 bits per heavy atom. The number of rotatable bonds is 4. The van der Waals surface area contributed by atoms with Crippen molar-refractivity contribution in [1.82, 2.24) is 5.32 Å². The molecule has 8 heteroatoms. The zero-order valence-electron chi connectivity index (χ0n) is 17.1. The van der Waals surface area contributed by atoms with Crippen LogP contribution in [0.4, 0.5) is 5.69 Å². The molecule has 4 rings (SSSR count). The molecule has 2 amide bonds. The lowest BCUT2D eigenvalue weighted by Crippen LogP contribution is -2.54. The van der Waals surface area contributed by atoms with Crippen molar-refractivity contribution in [2.75, 3.05) is 16.4 Å². The van der Waals surface area contributed by atoms with E-state index in [-0.39, 0.29) is 29.7 Å². The fourth-order valence-electron chi connectivity index (χ4n) is 4.46. The minimum absolute atomic E-state index is 0.00374. The monoisotopic (exact) mass is 446 g/mol. The van der Waals surface area contributed by atoms with Crippen LogP contribution in [0.15, 0.2) is 41.8 Å². The highest BCUT2D eigenvalue weighted by atomic mass is 32.2. The summed E-state index contributed by atoms with van der Waals surface area (Å²) in [6.07, 6.45) is 1.14. The minimum Gasteiger partial charge on any atom is -0.350 e. The second-order valence-electron chi connectivity index (χ2n) is 8.60. The molecule has 1 N–H and O–H groups in total. The quantitative estimate of drug-likeness (QED) is 0.782. The molecule has 2 saturated heterocycles. The lowest BCUT2D eigenvalue weighted by atomic mass is 9.85. The van der Waals surface area contributed by atoms with E-state index in [1.165, 1.54) is 11.3 Å². The van der Waals surface area contributed by atoms with Crippen molar-refractivity contribution in [2.24, 2.45) is 5.92 Å². The Bertz CT molecular complexity index is 1050. The molecule has 0 spiro atoms. The first-order valence-electron chi connectivity index (χ1n) is 10.1. The third-order valence-electron chi connectivity index (χ3n) is 6.01. The fraction of sp³-hybridized carbons (Fsp3) is 0.455. The molecule has 2 fully saturated rings. The van der Waals surface area contributed by atoms with Crippen molar-refractivity contribution < 1.29 is 18.0 Å². The molecule has 2 aliphatic rings. The van der Waals surface area contributed by atoms with Crippen molar-refractivity contribution in [2.45, 2.75) is 44.7 Å². The van der Waals surface area contributed by atoms with Gasteiger partial charge in [0.15, 0.2) is 9.84 Å². The van der Waals surface area contributed by atoms with E-state index in [1.54, 1.807) is 11.8 Å². The molecule has 1 aromatic carbocycles. The highest BCUT2D eigenvalue weighted by molar-refractivity contribution is 7.91. The molecule has 3 heterocycles. The van der Waals surface area contributed by atoms with Gasteiger partial charge in [-0.15, -0.1) is 11.3 Å². The summed E-state index contributed by atoms with van der Waals surface area (Å²) in [5.74, 6) is -0.573. The van der Waals surface area contributed by atoms with Gasteiger partial charge >= 0.3 is 0 Å². The van der Waals surface area contributed by atoms with Crippen molar-refractivity contribution in [3.63, 3.8) is 0 Å². The number of carbonyl (C=O) groups is 2. The summed E-state index contributed by atoms with van der Waals surface area (Å²) >= 11 is 1.53. The first-order valence-corrected chi connectivity index (χ1v) is 12.8. The summed E-state index contributed by atoms with van der Waals surface area (Å²) in [6.45, 7) is 3.78. The highest BCUT2D eigenvalue weighted by Crippen LogP contribution is 2.42. The van der Waals surface area contributed by atoms with Crippen LogP contribution < -0.4 is 10.2 Å². The Hall–Kier alpha value is -2.19. The summed E-state index contributed by atoms with van der Waals surface area (Å²) in [6, 6.07) is 11.2. The van der Waals surface area contributed by atoms with Crippen LogP contribution in [0.3, 0.4) is 0 Å². The third kappa shape index (κ3) is 4.16. The van der Waals surface area contributed by atoms with Crippen molar-refractivity contribution in [1.29, 1.82) is 0 Å². The molecule has 2 aromatic rings. The number of hydrogen-bond acceptors (Lipinski definition) is 5. The molecule has 0 saturated carbocycles. The van der Waals surface area contributed by atoms with Gasteiger partial charge in [-0.2, -0.15) is 0 Å². The highest BCUT2D eigenvalue weighted by Gasteiger charge is 2.45. The zero-order valence-corrected chi connectivity index (χ0v) is 18.8. The molecular formula is C22H26N2O4S2. The first kappa shape index (κ1) is 21.1. The van der Waals surface area contributed by atoms with E-state index < -0.39 is 27.3 Å². The van der Waals surface area contributed by atoms with Gasteiger partial charge in [-0.05, 0) is 50.3 Å². The number of nitrogens with one attached hydrogen (secondary N) is 1. The fourth-order valence-corrected chi connectivity index (χ4v) is 7.43. The molecule has 0 bridgehead atoms. The van der Waals surface area contributed by atoms with Crippen LogP contribution >= 0.6 is 11.3 Å². The summed E-state index contributed by atoms with van der Waals surface area (Å²) in [7, 11) is -3.13. The third-order valence-corrected chi connectivity index (χ3v) is 8.86. The number of thiophene rings is 1. The zero-order chi connectivity index (χ0) is 21.5. The molecule has 1 aromatic heterocycles. The Balaban J connectivity index is 1.67. The molecule has 0 unspecified atom stereocenters. The van der Waals surface area contributed by atoms with Crippen molar-refractivity contribution in [3.05, 3.63) is 52.2 Å². The van der Waals surface area contributed by atoms with Gasteiger partial charge in [-0.25, -0.2) is 8.42 Å². The van der Waals surface area contributed by atoms with Gasteiger partial charge in [0.25, 0.3) is 0 Å². The molecular weight excluding hydrogens is 420 g/mol. The summed E-state index contributed by atoms with van der Waals surface area (Å²) in [5.41, 5.74) is 1.11. The molecule has 0 radical (unpaired) electrons. The van der Waals surface area contributed by atoms with E-state index in [0.717, 1.165) is 16.1 Å². The van der Waals surface area contributed by atoms with Crippen molar-refractivity contribution >= 4 is 38.7 Å². The number of carbonyl (C=O) groups excluding carboxylic acids is 2. The Morgan fingerprint density at radius 2 is 1.97 bits per heavy atom. The van der Waals surface area contributed by atoms with Gasteiger partial charge in [-0.3, -0.25) is 9.59 Å². The van der Waals surface area contributed by atoms with Gasteiger partial charge in [0.2, 0.25) is 11.8 Å². The average molecular weight is 447 g/mol. The molecule has 3 atom stereocenters. The molecule has 6 nitrogen and oxygen atoms in total. The second-order valence-corrected chi connectivity index (χ2v) is 11.8. The number of amides is 2. The van der Waals surface area contributed by atoms with Crippen LogP contribution in [0, 0.1) is 12.8 Å². The van der Waals surface area contributed by atoms with Gasteiger partial charge in [-0.1, -0.05) is 23.8 Å². The number of nitrogens with zero attached hydrogens (tertiary/aromatic N) is 1. The number of aryl methyl sites for hydroxylation is 1. The number of sulfone groups is 1. The molecule has 0 aliphatic carbocycles. The van der Waals surface area contributed by atoms with Gasteiger partial charge in [0.05, 0.1) is 29.0 Å². The van der Waals surface area contributed by atoms with E-state index >= 15 is 0 Å². The minimum atomic E-state index is -3.13. The normalized spacial score (nSPS) is 28.5. The first-order chi connectivity index (χ1) is 14.2. The number of anilines is 1. The van der Waals surface area contributed by atoms with Crippen LogP contribution in [0.1, 0.15) is 42.7 Å². The Morgan fingerprint density at radius 3 is 2.57 bits per heavy atom. The van der Waals surface area contributed by atoms with E-state index in [0.29, 0.717) is 12.8 Å². The van der Waals surface area contributed by atoms with Crippen LogP contribution in [0.2, 0.25) is 0 Å². The lowest BCUT2D eigenvalue weighted by Gasteiger charge is -2.41. The maximum atomic E-state index is 13.4. The van der Waals surface area contributed by atoms with E-state index in [1.807, 2.05) is 48.7 Å². The number of piperidine rings is 1. The predicted molar refractivity (Wildman–Crippen MR) is 118 cm³/mol. The van der Waals surface area contributed by atoms with Gasteiger partial charge in [0, 0.05) is 17.0 Å². The van der Waals surface area contributed by atoms with E-state index in [2.05, 4.69) is 5.32 Å². The standard InChI is InChI=1S/C22H26N2O4S2/c1-15-5-7-16(8-6-15)24-19(25)10-9-17(20(24)18-4-3-12-29-18)21(26)23-22(2)11-13-30(27,28)14-22/h3-8,12,17,20H,9-11,13-14H2,1-2H3,(H,23,26)/t17-,20-,22+/m0/s1. The van der Waals surface area contributed by atoms with E-state index in [9.17, 15) is 18.0 Å². The molecule has 30 heavy (non-hydrogen) atoms. The summed E-state index contributed by atoms with van der Waals surface area (Å²) in [4.78, 5) is 29.0. The maximum Gasteiger partial charge on any atom is 0.227 e. The Kier molecular flexibility index (Phi) is 5.48. The van der Waals surface area contributed by atoms with E-state index in [4.69, 9.17) is 0 Å². The van der Waals surface area contributed by atoms with Crippen LogP contribution in [0.5, 0.6) is 0 Å². The van der Waals surface area contributed by atoms with Crippen LogP contribution in [0.25, 0.3) is 0 Å². The van der Waals surface area contributed by atoms with Gasteiger partial charge in [0.1, 0.15) is 0 Å². The topological polar surface area (TPSA) is 83.6 Å². The SMILES string of the molecule is Cc1ccc(N2C(=O)CC[C@H](C(=O)N[C@]3(C)CCS(=O)(=O)C3)[C@H]2c2cccs2)cc1. The molecule has 160 valence electrons. The van der Waals surface area contributed by atoms with Gasteiger partial charge < -0.3 is 10.2 Å². The van der Waals surface area contributed by atoms with Crippen molar-refractivity contribution in [3.8, 4) is 0 Å². The maximum absolute atomic E-state index is 13.4. The van der Waals surface area contributed by atoms with Crippen LogP contribution in [-0.4, -0.2) is 37.3 Å². The average Bonchev–Trinajstić information content (AvgIpc) is 3.30. The summed E-state index contributed by atoms with van der Waals surface area (Å²) < 4.78 is 23.9. The number of benzene rings is 1. The van der Waals surface area contributed by atoms with Crippen LogP contribution in [-0.2, 0) is 19.4 Å². The second kappa shape index (κ2) is 7.81. The number of hydrogen-bond donors (Lipinski definition) is 1. The largest absolute Gasteiger partial charge is 0.350 e. The molecule has 2 aliphatic heterocycles. The smallest absolute Gasteiger partial charge is 0.227 e. The lowest BCUT2D eigenvalue weighted by molar-refractivity contribution is -0.130. The summed E-state index contributed by atoms with van der Waals surface area (Å²) in [5, 5.41) is 4.96. The predicted octanol–water partition coefficient (Wildman–Crippen LogP) is 3.23. The Labute approximate surface area is 181 Å².